The molecule has 1 amide bonds. The number of benzene rings is 1. The summed E-state index contributed by atoms with van der Waals surface area (Å²) in [5.74, 6) is -0.383. The summed E-state index contributed by atoms with van der Waals surface area (Å²) in [6.07, 6.45) is 1.27. The Labute approximate surface area is 162 Å². The van der Waals surface area contributed by atoms with Crippen molar-refractivity contribution in [1.82, 2.24) is 0 Å². The molecule has 0 spiro atoms. The van der Waals surface area contributed by atoms with Crippen molar-refractivity contribution in [3.05, 3.63) is 24.0 Å². The van der Waals surface area contributed by atoms with E-state index in [0.717, 1.165) is 25.2 Å². The molecule has 1 atom stereocenters. The first-order valence-electron chi connectivity index (χ1n) is 8.77. The second-order valence-electron chi connectivity index (χ2n) is 8.07. The molecule has 0 aromatic heterocycles. The Kier molecular flexibility index (Phi) is 6.00. The van der Waals surface area contributed by atoms with Crippen molar-refractivity contribution in [1.29, 1.82) is 0 Å². The largest absolute Gasteiger partial charge is 0.497 e. The molecule has 0 saturated carbocycles. The number of rotatable bonds is 4. The molecule has 2 N–H and O–H groups in total. The van der Waals surface area contributed by atoms with E-state index in [-0.39, 0.29) is 31.1 Å². The van der Waals surface area contributed by atoms with Gasteiger partial charge in [-0.05, 0) is 52.2 Å². The standard InChI is InChI=1S/C18H26BFN2O3.H2S/c1-17(2)18(3,4)25-19(24-17)14-6-5-13(10-15(14)20)22-8-7-12(11-22)9-16(21)23;/h5-6,10,12H,7-9,11H2,1-4H3,(H2,21,23);1H2/t12-;/m0./s1. The van der Waals surface area contributed by atoms with Gasteiger partial charge in [0.05, 0.1) is 11.2 Å². The molecule has 2 aliphatic rings. The van der Waals surface area contributed by atoms with Crippen molar-refractivity contribution in [2.24, 2.45) is 11.7 Å². The highest BCUT2D eigenvalue weighted by Gasteiger charge is 2.52. The van der Waals surface area contributed by atoms with E-state index in [1.807, 2.05) is 33.8 Å². The molecule has 3 rings (SSSR count). The predicted molar refractivity (Wildman–Crippen MR) is 107 cm³/mol. The Bertz CT molecular complexity index is 670. The SMILES string of the molecule is CC1(C)OB(c2ccc(N3CC[C@@H](CC(N)=O)C3)cc2F)OC1(C)C.S. The van der Waals surface area contributed by atoms with Crippen molar-refractivity contribution in [3.8, 4) is 0 Å². The molecule has 2 fully saturated rings. The zero-order valence-electron chi connectivity index (χ0n) is 15.8. The maximum absolute atomic E-state index is 14.7. The highest BCUT2D eigenvalue weighted by atomic mass is 32.1. The van der Waals surface area contributed by atoms with Crippen LogP contribution in [0.1, 0.15) is 40.5 Å². The van der Waals surface area contributed by atoms with Crippen molar-refractivity contribution in [2.45, 2.75) is 51.7 Å². The van der Waals surface area contributed by atoms with Crippen LogP contribution in [0.4, 0.5) is 10.1 Å². The van der Waals surface area contributed by atoms with E-state index in [1.54, 1.807) is 6.07 Å². The van der Waals surface area contributed by atoms with Crippen LogP contribution in [-0.2, 0) is 14.1 Å². The fraction of sp³-hybridized carbons (Fsp3) is 0.611. The lowest BCUT2D eigenvalue weighted by atomic mass is 9.78. The van der Waals surface area contributed by atoms with Crippen LogP contribution in [0.3, 0.4) is 0 Å². The predicted octanol–water partition coefficient (Wildman–Crippen LogP) is 1.94. The Morgan fingerprint density at radius 1 is 1.31 bits per heavy atom. The molecule has 2 aliphatic heterocycles. The van der Waals surface area contributed by atoms with Crippen molar-refractivity contribution < 1.29 is 18.5 Å². The van der Waals surface area contributed by atoms with Gasteiger partial charge in [-0.2, -0.15) is 13.5 Å². The Morgan fingerprint density at radius 3 is 2.46 bits per heavy atom. The smallest absolute Gasteiger partial charge is 0.399 e. The number of hydrogen-bond donors (Lipinski definition) is 1. The average molecular weight is 382 g/mol. The van der Waals surface area contributed by atoms with E-state index < -0.39 is 18.3 Å². The summed E-state index contributed by atoms with van der Waals surface area (Å²) in [6.45, 7) is 9.31. The minimum Gasteiger partial charge on any atom is -0.399 e. The molecule has 5 nitrogen and oxygen atoms in total. The van der Waals surface area contributed by atoms with E-state index in [4.69, 9.17) is 15.0 Å². The molecule has 26 heavy (non-hydrogen) atoms. The third-order valence-electron chi connectivity index (χ3n) is 5.63. The number of primary amides is 1. The summed E-state index contributed by atoms with van der Waals surface area (Å²) in [7, 11) is -0.708. The van der Waals surface area contributed by atoms with Crippen molar-refractivity contribution >= 4 is 37.7 Å². The minimum absolute atomic E-state index is 0. The number of carbonyl (C=O) groups is 1. The Balaban J connectivity index is 0.00000243. The summed E-state index contributed by atoms with van der Waals surface area (Å²) in [5.41, 5.74) is 5.49. The minimum atomic E-state index is -0.708. The highest BCUT2D eigenvalue weighted by Crippen LogP contribution is 2.37. The first kappa shape index (κ1) is 21.1. The number of anilines is 1. The van der Waals surface area contributed by atoms with Crippen molar-refractivity contribution in [3.63, 3.8) is 0 Å². The molecule has 0 radical (unpaired) electrons. The van der Waals surface area contributed by atoms with Gasteiger partial charge in [0.15, 0.2) is 0 Å². The van der Waals surface area contributed by atoms with Gasteiger partial charge in [-0.3, -0.25) is 4.79 Å². The lowest BCUT2D eigenvalue weighted by molar-refractivity contribution is -0.118. The van der Waals surface area contributed by atoms with Crippen LogP contribution >= 0.6 is 13.5 Å². The van der Waals surface area contributed by atoms with Crippen molar-refractivity contribution in [2.75, 3.05) is 18.0 Å². The van der Waals surface area contributed by atoms with Gasteiger partial charge in [0.25, 0.3) is 0 Å². The highest BCUT2D eigenvalue weighted by molar-refractivity contribution is 7.59. The van der Waals surface area contributed by atoms with Crippen LogP contribution in [0.25, 0.3) is 0 Å². The lowest BCUT2D eigenvalue weighted by Gasteiger charge is -2.32. The van der Waals surface area contributed by atoms with Crippen LogP contribution in [0.2, 0.25) is 0 Å². The summed E-state index contributed by atoms with van der Waals surface area (Å²) in [4.78, 5) is 13.2. The van der Waals surface area contributed by atoms with Crippen LogP contribution in [-0.4, -0.2) is 37.3 Å². The summed E-state index contributed by atoms with van der Waals surface area (Å²) in [5, 5.41) is 0. The van der Waals surface area contributed by atoms with Gasteiger partial charge >= 0.3 is 7.12 Å². The molecule has 8 heteroatoms. The maximum Gasteiger partial charge on any atom is 0.497 e. The summed E-state index contributed by atoms with van der Waals surface area (Å²) in [6, 6.07) is 5.14. The van der Waals surface area contributed by atoms with Gasteiger partial charge in [-0.1, -0.05) is 6.07 Å². The second-order valence-corrected chi connectivity index (χ2v) is 8.07. The molecule has 0 aliphatic carbocycles. The molecule has 2 heterocycles. The average Bonchev–Trinajstić information content (AvgIpc) is 3.01. The van der Waals surface area contributed by atoms with Crippen LogP contribution < -0.4 is 16.1 Å². The van der Waals surface area contributed by atoms with E-state index in [2.05, 4.69) is 4.90 Å². The van der Waals surface area contributed by atoms with Gasteiger partial charge in [-0.25, -0.2) is 4.39 Å². The van der Waals surface area contributed by atoms with E-state index in [0.29, 0.717) is 11.9 Å². The summed E-state index contributed by atoms with van der Waals surface area (Å²) < 4.78 is 26.6. The fourth-order valence-electron chi connectivity index (χ4n) is 3.39. The quantitative estimate of drug-likeness (QED) is 0.809. The maximum atomic E-state index is 14.7. The number of nitrogens with zero attached hydrogens (tertiary/aromatic N) is 1. The van der Waals surface area contributed by atoms with E-state index in [1.165, 1.54) is 6.07 Å². The molecule has 0 bridgehead atoms. The molecule has 1 aromatic carbocycles. The molecule has 2 saturated heterocycles. The molecule has 1 aromatic rings. The van der Waals surface area contributed by atoms with E-state index >= 15 is 0 Å². The zero-order valence-corrected chi connectivity index (χ0v) is 16.8. The first-order chi connectivity index (χ1) is 11.6. The van der Waals surface area contributed by atoms with Gasteiger partial charge in [0.1, 0.15) is 5.82 Å². The van der Waals surface area contributed by atoms with Gasteiger partial charge in [0, 0.05) is 30.7 Å². The van der Waals surface area contributed by atoms with Crippen LogP contribution in [0.15, 0.2) is 18.2 Å². The fourth-order valence-corrected chi connectivity index (χ4v) is 3.39. The second kappa shape index (κ2) is 7.41. The number of halogens is 1. The van der Waals surface area contributed by atoms with E-state index in [9.17, 15) is 9.18 Å². The van der Waals surface area contributed by atoms with Gasteiger partial charge < -0.3 is 19.9 Å². The third-order valence-corrected chi connectivity index (χ3v) is 5.63. The summed E-state index contributed by atoms with van der Waals surface area (Å²) >= 11 is 0. The normalized spacial score (nSPS) is 23.8. The molecule has 144 valence electrons. The number of carbonyl (C=O) groups excluding carboxylic acids is 1. The zero-order chi connectivity index (χ0) is 18.4. The molecular weight excluding hydrogens is 354 g/mol. The van der Waals surface area contributed by atoms with Crippen LogP contribution in [0, 0.1) is 11.7 Å². The number of nitrogens with two attached hydrogens (primary N) is 1. The number of amides is 1. The Hall–Kier alpha value is -1.25. The lowest BCUT2D eigenvalue weighted by Crippen LogP contribution is -2.41. The van der Waals surface area contributed by atoms with Crippen LogP contribution in [0.5, 0.6) is 0 Å². The van der Waals surface area contributed by atoms with Gasteiger partial charge in [0.2, 0.25) is 5.91 Å². The van der Waals surface area contributed by atoms with Gasteiger partial charge in [-0.15, -0.1) is 0 Å². The first-order valence-corrected chi connectivity index (χ1v) is 8.77. The molecular formula is C18H28BFN2O3S. The topological polar surface area (TPSA) is 64.8 Å². The molecule has 0 unspecified atom stereocenters. The Morgan fingerprint density at radius 2 is 1.92 bits per heavy atom. The third kappa shape index (κ3) is 4.02. The monoisotopic (exact) mass is 382 g/mol. The number of hydrogen-bond acceptors (Lipinski definition) is 4.